The molecule has 0 saturated carbocycles. The van der Waals surface area contributed by atoms with Crippen molar-refractivity contribution in [2.75, 3.05) is 38.6 Å². The van der Waals surface area contributed by atoms with Crippen LogP contribution in [0.1, 0.15) is 19.4 Å². The molecule has 0 spiro atoms. The highest BCUT2D eigenvalue weighted by Gasteiger charge is 2.26. The highest BCUT2D eigenvalue weighted by Crippen LogP contribution is 2.25. The fourth-order valence-electron chi connectivity index (χ4n) is 2.75. The first-order valence-corrected chi connectivity index (χ1v) is 7.87. The predicted molar refractivity (Wildman–Crippen MR) is 89.6 cm³/mol. The maximum absolute atomic E-state index is 12.5. The molecular formula is C17H25N3O3. The second-order valence-corrected chi connectivity index (χ2v) is 5.91. The van der Waals surface area contributed by atoms with Crippen molar-refractivity contribution in [3.8, 4) is 5.75 Å². The zero-order chi connectivity index (χ0) is 17.0. The average molecular weight is 319 g/mol. The molecule has 1 saturated heterocycles. The van der Waals surface area contributed by atoms with Crippen LogP contribution in [-0.2, 0) is 9.59 Å². The molecule has 23 heavy (non-hydrogen) atoms. The fourth-order valence-corrected chi connectivity index (χ4v) is 2.75. The summed E-state index contributed by atoms with van der Waals surface area (Å²) in [5.41, 5.74) is 1.75. The van der Waals surface area contributed by atoms with Crippen LogP contribution < -0.4 is 10.1 Å². The number of carbonyl (C=O) groups is 2. The molecule has 1 aliphatic heterocycles. The lowest BCUT2D eigenvalue weighted by molar-refractivity contribution is -0.131. The van der Waals surface area contributed by atoms with E-state index >= 15 is 0 Å². The lowest BCUT2D eigenvalue weighted by Crippen LogP contribution is -2.53. The number of rotatable bonds is 4. The van der Waals surface area contributed by atoms with Gasteiger partial charge >= 0.3 is 0 Å². The smallest absolute Gasteiger partial charge is 0.241 e. The van der Waals surface area contributed by atoms with E-state index in [2.05, 4.69) is 10.2 Å². The highest BCUT2D eigenvalue weighted by molar-refractivity contribution is 5.96. The molecule has 1 atom stereocenters. The molecule has 0 aliphatic carbocycles. The van der Waals surface area contributed by atoms with Crippen LogP contribution in [0.4, 0.5) is 5.69 Å². The Balaban J connectivity index is 1.98. The molecule has 1 fully saturated rings. The van der Waals surface area contributed by atoms with Crippen LogP contribution in [0.2, 0.25) is 0 Å². The van der Waals surface area contributed by atoms with E-state index in [0.717, 1.165) is 5.56 Å². The van der Waals surface area contributed by atoms with E-state index in [9.17, 15) is 9.59 Å². The summed E-state index contributed by atoms with van der Waals surface area (Å²) in [7, 11) is 1.59. The summed E-state index contributed by atoms with van der Waals surface area (Å²) >= 11 is 0. The van der Waals surface area contributed by atoms with Gasteiger partial charge in [0.05, 0.1) is 18.8 Å². The van der Waals surface area contributed by atoms with Crippen molar-refractivity contribution >= 4 is 17.5 Å². The fraction of sp³-hybridized carbons (Fsp3) is 0.529. The molecule has 1 heterocycles. The second kappa shape index (κ2) is 7.46. The van der Waals surface area contributed by atoms with Crippen molar-refractivity contribution in [1.29, 1.82) is 0 Å². The summed E-state index contributed by atoms with van der Waals surface area (Å²) in [5, 5.41) is 2.95. The van der Waals surface area contributed by atoms with Crippen molar-refractivity contribution in [3.63, 3.8) is 0 Å². The van der Waals surface area contributed by atoms with Crippen molar-refractivity contribution in [2.45, 2.75) is 26.8 Å². The van der Waals surface area contributed by atoms with Gasteiger partial charge in [-0.1, -0.05) is 6.07 Å². The Kier molecular flexibility index (Phi) is 5.60. The number of amides is 2. The van der Waals surface area contributed by atoms with Gasteiger partial charge in [-0.3, -0.25) is 14.5 Å². The normalized spacial score (nSPS) is 16.8. The molecule has 1 N–H and O–H groups in total. The van der Waals surface area contributed by atoms with E-state index < -0.39 is 0 Å². The number of carbonyl (C=O) groups excluding carboxylic acids is 2. The van der Waals surface area contributed by atoms with Gasteiger partial charge < -0.3 is 15.0 Å². The van der Waals surface area contributed by atoms with E-state index in [1.54, 1.807) is 14.0 Å². The number of ether oxygens (including phenoxy) is 1. The molecule has 6 nitrogen and oxygen atoms in total. The van der Waals surface area contributed by atoms with Crippen LogP contribution in [0.3, 0.4) is 0 Å². The molecule has 1 aromatic rings. The quantitative estimate of drug-likeness (QED) is 0.913. The first-order valence-electron chi connectivity index (χ1n) is 7.87. The third kappa shape index (κ3) is 4.22. The summed E-state index contributed by atoms with van der Waals surface area (Å²) in [6, 6.07) is 5.44. The van der Waals surface area contributed by atoms with Gasteiger partial charge in [0.25, 0.3) is 0 Å². The number of piperazine rings is 1. The molecule has 1 aliphatic rings. The van der Waals surface area contributed by atoms with Gasteiger partial charge in [0.1, 0.15) is 5.75 Å². The van der Waals surface area contributed by atoms with Crippen molar-refractivity contribution < 1.29 is 14.3 Å². The third-order valence-electron chi connectivity index (χ3n) is 4.30. The predicted octanol–water partition coefficient (Wildman–Crippen LogP) is 1.49. The maximum Gasteiger partial charge on any atom is 0.241 e. The van der Waals surface area contributed by atoms with Crippen LogP contribution in [0.25, 0.3) is 0 Å². The van der Waals surface area contributed by atoms with Gasteiger partial charge in [-0.15, -0.1) is 0 Å². The van der Waals surface area contributed by atoms with Gasteiger partial charge in [0.2, 0.25) is 11.8 Å². The molecular weight excluding hydrogens is 294 g/mol. The zero-order valence-electron chi connectivity index (χ0n) is 14.3. The number of anilines is 1. The van der Waals surface area contributed by atoms with Crippen molar-refractivity contribution in [2.24, 2.45) is 0 Å². The lowest BCUT2D eigenvalue weighted by atomic mass is 10.1. The third-order valence-corrected chi connectivity index (χ3v) is 4.30. The number of hydrogen-bond acceptors (Lipinski definition) is 4. The first-order chi connectivity index (χ1) is 10.9. The number of methoxy groups -OCH3 is 1. The van der Waals surface area contributed by atoms with Gasteiger partial charge in [-0.05, 0) is 31.5 Å². The number of nitrogens with one attached hydrogen (secondary N) is 1. The SMILES string of the molecule is COc1ccc(C)cc1NC(=O)[C@H](C)N1CCN(C(C)=O)CC1. The molecule has 0 unspecified atom stereocenters. The summed E-state index contributed by atoms with van der Waals surface area (Å²) < 4.78 is 5.29. The standard InChI is InChI=1S/C17H25N3O3/c1-12-5-6-16(23-4)15(11-12)18-17(22)13(2)19-7-9-20(10-8-19)14(3)21/h5-6,11,13H,7-10H2,1-4H3,(H,18,22)/t13-/m0/s1. The molecule has 0 bridgehead atoms. The van der Waals surface area contributed by atoms with Crippen LogP contribution in [-0.4, -0.2) is 60.9 Å². The minimum atomic E-state index is -0.255. The van der Waals surface area contributed by atoms with Gasteiger partial charge in [-0.25, -0.2) is 0 Å². The van der Waals surface area contributed by atoms with Crippen LogP contribution in [0.5, 0.6) is 5.75 Å². The van der Waals surface area contributed by atoms with E-state index in [0.29, 0.717) is 37.6 Å². The molecule has 1 aromatic carbocycles. The van der Waals surface area contributed by atoms with Gasteiger partial charge in [0.15, 0.2) is 0 Å². The Labute approximate surface area is 137 Å². The van der Waals surface area contributed by atoms with E-state index in [1.165, 1.54) is 0 Å². The summed E-state index contributed by atoms with van der Waals surface area (Å²) in [6.45, 7) is 8.19. The minimum Gasteiger partial charge on any atom is -0.495 e. The maximum atomic E-state index is 12.5. The minimum absolute atomic E-state index is 0.0647. The molecule has 126 valence electrons. The van der Waals surface area contributed by atoms with Crippen molar-refractivity contribution in [1.82, 2.24) is 9.80 Å². The molecule has 2 rings (SSSR count). The first kappa shape index (κ1) is 17.3. The summed E-state index contributed by atoms with van der Waals surface area (Å²) in [6.07, 6.45) is 0. The molecule has 2 amide bonds. The molecule has 0 aromatic heterocycles. The Bertz CT molecular complexity index is 580. The summed E-state index contributed by atoms with van der Waals surface area (Å²) in [5.74, 6) is 0.675. The monoisotopic (exact) mass is 319 g/mol. The Morgan fingerprint density at radius 2 is 1.87 bits per heavy atom. The zero-order valence-corrected chi connectivity index (χ0v) is 14.3. The summed E-state index contributed by atoms with van der Waals surface area (Å²) in [4.78, 5) is 27.8. The molecule has 0 radical (unpaired) electrons. The topological polar surface area (TPSA) is 61.9 Å². The largest absolute Gasteiger partial charge is 0.495 e. The van der Waals surface area contributed by atoms with E-state index in [-0.39, 0.29) is 17.9 Å². The van der Waals surface area contributed by atoms with Crippen molar-refractivity contribution in [3.05, 3.63) is 23.8 Å². The average Bonchev–Trinajstić information content (AvgIpc) is 2.54. The van der Waals surface area contributed by atoms with E-state index in [4.69, 9.17) is 4.74 Å². The van der Waals surface area contributed by atoms with Gasteiger partial charge in [-0.2, -0.15) is 0 Å². The van der Waals surface area contributed by atoms with Crippen LogP contribution in [0.15, 0.2) is 18.2 Å². The Morgan fingerprint density at radius 1 is 1.22 bits per heavy atom. The van der Waals surface area contributed by atoms with Crippen LogP contribution in [0, 0.1) is 6.92 Å². The Hall–Kier alpha value is -2.08. The number of aryl methyl sites for hydroxylation is 1. The van der Waals surface area contributed by atoms with Gasteiger partial charge in [0, 0.05) is 33.1 Å². The number of hydrogen-bond donors (Lipinski definition) is 1. The Morgan fingerprint density at radius 3 is 2.43 bits per heavy atom. The van der Waals surface area contributed by atoms with E-state index in [1.807, 2.05) is 36.9 Å². The second-order valence-electron chi connectivity index (χ2n) is 5.91. The number of benzene rings is 1. The van der Waals surface area contributed by atoms with Crippen LogP contribution >= 0.6 is 0 Å². The molecule has 6 heteroatoms. The number of nitrogens with zero attached hydrogens (tertiary/aromatic N) is 2. The highest BCUT2D eigenvalue weighted by atomic mass is 16.5. The lowest BCUT2D eigenvalue weighted by Gasteiger charge is -2.37.